The molecule has 0 aliphatic carbocycles. The van der Waals surface area contributed by atoms with Crippen molar-refractivity contribution >= 4 is 17.5 Å². The van der Waals surface area contributed by atoms with Crippen LogP contribution in [0.15, 0.2) is 34.9 Å². The molecule has 0 atom stereocenters. The van der Waals surface area contributed by atoms with Gasteiger partial charge in [-0.05, 0) is 26.0 Å². The van der Waals surface area contributed by atoms with Crippen LogP contribution in [0.25, 0.3) is 0 Å². The third-order valence-electron chi connectivity index (χ3n) is 3.93. The number of aryl methyl sites for hydroxylation is 1. The highest BCUT2D eigenvalue weighted by Crippen LogP contribution is 2.24. The molecule has 24 heavy (non-hydrogen) atoms. The monoisotopic (exact) mass is 330 g/mol. The van der Waals surface area contributed by atoms with Crippen LogP contribution in [0.1, 0.15) is 12.7 Å². The Labute approximate surface area is 141 Å². The molecule has 2 aromatic rings. The van der Waals surface area contributed by atoms with E-state index >= 15 is 0 Å². The molecule has 3 rings (SSSR count). The van der Waals surface area contributed by atoms with Gasteiger partial charge in [-0.2, -0.15) is 0 Å². The molecule has 1 aliphatic heterocycles. The number of hydrogen-bond acceptors (Lipinski definition) is 5. The first-order chi connectivity index (χ1) is 11.7. The first kappa shape index (κ1) is 16.2. The molecular weight excluding hydrogens is 308 g/mol. The van der Waals surface area contributed by atoms with E-state index in [0.29, 0.717) is 31.1 Å². The van der Waals surface area contributed by atoms with Crippen molar-refractivity contribution in [1.29, 1.82) is 0 Å². The van der Waals surface area contributed by atoms with E-state index in [-0.39, 0.29) is 6.03 Å². The normalized spacial score (nSPS) is 14.6. The number of piperazine rings is 1. The van der Waals surface area contributed by atoms with Gasteiger partial charge in [0.1, 0.15) is 11.5 Å². The third kappa shape index (κ3) is 3.61. The zero-order valence-electron chi connectivity index (χ0n) is 14.0. The van der Waals surface area contributed by atoms with E-state index in [2.05, 4.69) is 15.4 Å². The van der Waals surface area contributed by atoms with Gasteiger partial charge in [0.25, 0.3) is 0 Å². The Morgan fingerprint density at radius 1 is 1.29 bits per heavy atom. The summed E-state index contributed by atoms with van der Waals surface area (Å²) in [4.78, 5) is 16.4. The number of para-hydroxylation sites is 2. The number of nitrogens with zero attached hydrogens (tertiary/aromatic N) is 3. The fourth-order valence-electron chi connectivity index (χ4n) is 2.69. The Hall–Kier alpha value is -2.70. The van der Waals surface area contributed by atoms with Crippen LogP contribution >= 0.6 is 0 Å². The number of rotatable bonds is 4. The Balaban J connectivity index is 1.57. The minimum Gasteiger partial charge on any atom is -0.492 e. The standard InChI is InChI=1S/C17H22N4O3/c1-3-23-15-7-5-4-6-14(15)18-17(22)21-10-8-20(9-11-21)16-12-13(2)24-19-16/h4-7,12H,3,8-11H2,1-2H3,(H,18,22). The molecule has 1 aromatic heterocycles. The fourth-order valence-corrected chi connectivity index (χ4v) is 2.69. The number of benzene rings is 1. The molecule has 2 heterocycles. The van der Waals surface area contributed by atoms with E-state index in [4.69, 9.17) is 9.26 Å². The molecule has 1 fully saturated rings. The van der Waals surface area contributed by atoms with Crippen molar-refractivity contribution in [3.63, 3.8) is 0 Å². The highest BCUT2D eigenvalue weighted by Gasteiger charge is 2.23. The second-order valence-electron chi connectivity index (χ2n) is 5.63. The summed E-state index contributed by atoms with van der Waals surface area (Å²) < 4.78 is 10.7. The maximum absolute atomic E-state index is 12.5. The number of amides is 2. The van der Waals surface area contributed by atoms with Crippen molar-refractivity contribution in [2.45, 2.75) is 13.8 Å². The van der Waals surface area contributed by atoms with Crippen molar-refractivity contribution < 1.29 is 14.1 Å². The average Bonchev–Trinajstić information content (AvgIpc) is 3.03. The molecule has 1 aromatic carbocycles. The van der Waals surface area contributed by atoms with Crippen LogP contribution < -0.4 is 15.0 Å². The minimum atomic E-state index is -0.113. The first-order valence-electron chi connectivity index (χ1n) is 8.13. The molecule has 0 unspecified atom stereocenters. The van der Waals surface area contributed by atoms with Crippen molar-refractivity contribution in [3.8, 4) is 5.75 Å². The summed E-state index contributed by atoms with van der Waals surface area (Å²) in [6.07, 6.45) is 0. The second-order valence-corrected chi connectivity index (χ2v) is 5.63. The van der Waals surface area contributed by atoms with Crippen LogP contribution in [-0.4, -0.2) is 48.9 Å². The van der Waals surface area contributed by atoms with Crippen molar-refractivity contribution in [2.24, 2.45) is 0 Å². The maximum Gasteiger partial charge on any atom is 0.322 e. The van der Waals surface area contributed by atoms with E-state index in [0.717, 1.165) is 24.7 Å². The largest absolute Gasteiger partial charge is 0.492 e. The highest BCUT2D eigenvalue weighted by atomic mass is 16.5. The van der Waals surface area contributed by atoms with Gasteiger partial charge in [-0.3, -0.25) is 0 Å². The number of aromatic nitrogens is 1. The highest BCUT2D eigenvalue weighted by molar-refractivity contribution is 5.91. The molecule has 7 heteroatoms. The lowest BCUT2D eigenvalue weighted by Gasteiger charge is -2.34. The molecule has 0 bridgehead atoms. The van der Waals surface area contributed by atoms with Gasteiger partial charge in [0.15, 0.2) is 5.82 Å². The SMILES string of the molecule is CCOc1ccccc1NC(=O)N1CCN(c2cc(C)on2)CC1. The number of hydrogen-bond donors (Lipinski definition) is 1. The Bertz CT molecular complexity index is 693. The van der Waals surface area contributed by atoms with E-state index in [1.54, 1.807) is 4.90 Å². The number of nitrogens with one attached hydrogen (secondary N) is 1. The number of carbonyl (C=O) groups is 1. The smallest absolute Gasteiger partial charge is 0.322 e. The van der Waals surface area contributed by atoms with Crippen LogP contribution in [0.4, 0.5) is 16.3 Å². The number of carbonyl (C=O) groups excluding carboxylic acids is 1. The molecule has 0 radical (unpaired) electrons. The summed E-state index contributed by atoms with van der Waals surface area (Å²) in [6, 6.07) is 9.26. The van der Waals surface area contributed by atoms with Gasteiger partial charge in [-0.1, -0.05) is 17.3 Å². The Kier molecular flexibility index (Phi) is 4.88. The summed E-state index contributed by atoms with van der Waals surface area (Å²) >= 11 is 0. The van der Waals surface area contributed by atoms with Crippen LogP contribution in [0.2, 0.25) is 0 Å². The third-order valence-corrected chi connectivity index (χ3v) is 3.93. The topological polar surface area (TPSA) is 70.8 Å². The van der Waals surface area contributed by atoms with Gasteiger partial charge < -0.3 is 24.4 Å². The van der Waals surface area contributed by atoms with Gasteiger partial charge >= 0.3 is 6.03 Å². The molecule has 1 N–H and O–H groups in total. The quantitative estimate of drug-likeness (QED) is 0.933. The zero-order valence-corrected chi connectivity index (χ0v) is 14.0. The lowest BCUT2D eigenvalue weighted by atomic mass is 10.3. The predicted molar refractivity (Wildman–Crippen MR) is 91.7 cm³/mol. The summed E-state index contributed by atoms with van der Waals surface area (Å²) in [7, 11) is 0. The van der Waals surface area contributed by atoms with E-state index < -0.39 is 0 Å². The van der Waals surface area contributed by atoms with Crippen molar-refractivity contribution in [3.05, 3.63) is 36.1 Å². The molecule has 128 valence electrons. The molecule has 1 aliphatic rings. The molecule has 7 nitrogen and oxygen atoms in total. The van der Waals surface area contributed by atoms with Gasteiger partial charge in [-0.25, -0.2) is 4.79 Å². The van der Waals surface area contributed by atoms with E-state index in [1.807, 2.05) is 44.2 Å². The second kappa shape index (κ2) is 7.25. The number of ether oxygens (including phenoxy) is 1. The Morgan fingerprint density at radius 2 is 2.04 bits per heavy atom. The lowest BCUT2D eigenvalue weighted by molar-refractivity contribution is 0.207. The molecule has 2 amide bonds. The summed E-state index contributed by atoms with van der Waals surface area (Å²) in [5.74, 6) is 2.30. The van der Waals surface area contributed by atoms with Crippen LogP contribution in [0.3, 0.4) is 0 Å². The van der Waals surface area contributed by atoms with Crippen LogP contribution in [-0.2, 0) is 0 Å². The lowest BCUT2D eigenvalue weighted by Crippen LogP contribution is -2.50. The van der Waals surface area contributed by atoms with Gasteiger partial charge in [0, 0.05) is 32.2 Å². The predicted octanol–water partition coefficient (Wildman–Crippen LogP) is 2.74. The minimum absolute atomic E-state index is 0.113. The number of anilines is 2. The zero-order chi connectivity index (χ0) is 16.9. The van der Waals surface area contributed by atoms with Crippen molar-refractivity contribution in [1.82, 2.24) is 10.1 Å². The van der Waals surface area contributed by atoms with Gasteiger partial charge in [0.2, 0.25) is 0 Å². The average molecular weight is 330 g/mol. The first-order valence-corrected chi connectivity index (χ1v) is 8.13. The molecule has 1 saturated heterocycles. The van der Waals surface area contributed by atoms with Gasteiger partial charge in [0.05, 0.1) is 12.3 Å². The van der Waals surface area contributed by atoms with E-state index in [9.17, 15) is 4.79 Å². The summed E-state index contributed by atoms with van der Waals surface area (Å²) in [6.45, 7) is 7.07. The molecule has 0 saturated carbocycles. The Morgan fingerprint density at radius 3 is 2.71 bits per heavy atom. The molecule has 0 spiro atoms. The van der Waals surface area contributed by atoms with E-state index in [1.165, 1.54) is 0 Å². The number of urea groups is 1. The van der Waals surface area contributed by atoms with Crippen LogP contribution in [0.5, 0.6) is 5.75 Å². The maximum atomic E-state index is 12.5. The van der Waals surface area contributed by atoms with Gasteiger partial charge in [-0.15, -0.1) is 0 Å². The summed E-state index contributed by atoms with van der Waals surface area (Å²) in [5, 5.41) is 6.96. The van der Waals surface area contributed by atoms with Crippen LogP contribution in [0, 0.1) is 6.92 Å². The fraction of sp³-hybridized carbons (Fsp3) is 0.412. The molecular formula is C17H22N4O3. The van der Waals surface area contributed by atoms with Crippen molar-refractivity contribution in [2.75, 3.05) is 43.0 Å². The summed E-state index contributed by atoms with van der Waals surface area (Å²) in [5.41, 5.74) is 0.693.